The summed E-state index contributed by atoms with van der Waals surface area (Å²) in [4.78, 5) is 26.0. The Balaban J connectivity index is 2.62. The standard InChI is InChI=1S/C9H12N2O4S/c1-5(9(13)14)10-8(12)6-4-16-7(11-6)3-15-2/h4-5H,3H2,1-2H3,(H,10,12)(H,13,14)/t5-/m1/s1. The summed E-state index contributed by atoms with van der Waals surface area (Å²) in [6.45, 7) is 1.73. The van der Waals surface area contributed by atoms with Gasteiger partial charge in [0.1, 0.15) is 16.7 Å². The number of carbonyl (C=O) groups excluding carboxylic acids is 1. The molecule has 0 radical (unpaired) electrons. The zero-order valence-corrected chi connectivity index (χ0v) is 9.71. The average molecular weight is 244 g/mol. The third-order valence-corrected chi connectivity index (χ3v) is 2.59. The van der Waals surface area contributed by atoms with Crippen molar-refractivity contribution >= 4 is 23.2 Å². The SMILES string of the molecule is COCc1nc(C(=O)N[C@H](C)C(=O)O)cs1. The fourth-order valence-electron chi connectivity index (χ4n) is 0.937. The molecule has 0 spiro atoms. The van der Waals surface area contributed by atoms with Gasteiger partial charge in [-0.25, -0.2) is 4.98 Å². The van der Waals surface area contributed by atoms with Gasteiger partial charge in [0.05, 0.1) is 6.61 Å². The van der Waals surface area contributed by atoms with Crippen molar-refractivity contribution in [2.45, 2.75) is 19.6 Å². The Labute approximate surface area is 96.3 Å². The first-order valence-electron chi connectivity index (χ1n) is 4.51. The molecule has 0 fully saturated rings. The Hall–Kier alpha value is -1.47. The summed E-state index contributed by atoms with van der Waals surface area (Å²) in [5.41, 5.74) is 0.213. The molecule has 0 aliphatic rings. The van der Waals surface area contributed by atoms with Gasteiger partial charge in [-0.05, 0) is 6.92 Å². The highest BCUT2D eigenvalue weighted by atomic mass is 32.1. The molecular formula is C9H12N2O4S. The molecule has 0 bridgehead atoms. The number of nitrogens with zero attached hydrogens (tertiary/aromatic N) is 1. The molecule has 0 aromatic carbocycles. The van der Waals surface area contributed by atoms with E-state index in [9.17, 15) is 9.59 Å². The molecule has 1 heterocycles. The molecule has 16 heavy (non-hydrogen) atoms. The predicted octanol–water partition coefficient (Wildman–Crippen LogP) is 0.492. The van der Waals surface area contributed by atoms with Gasteiger partial charge >= 0.3 is 5.97 Å². The highest BCUT2D eigenvalue weighted by Gasteiger charge is 2.17. The van der Waals surface area contributed by atoms with Crippen LogP contribution in [0.3, 0.4) is 0 Å². The number of hydrogen-bond acceptors (Lipinski definition) is 5. The number of carbonyl (C=O) groups is 2. The highest BCUT2D eigenvalue weighted by Crippen LogP contribution is 2.10. The van der Waals surface area contributed by atoms with Crippen molar-refractivity contribution in [1.29, 1.82) is 0 Å². The van der Waals surface area contributed by atoms with E-state index in [-0.39, 0.29) is 5.69 Å². The average Bonchev–Trinajstić information content (AvgIpc) is 2.66. The van der Waals surface area contributed by atoms with Crippen LogP contribution in [0, 0.1) is 0 Å². The number of hydrogen-bond donors (Lipinski definition) is 2. The molecule has 0 unspecified atom stereocenters. The first kappa shape index (κ1) is 12.6. The van der Waals surface area contributed by atoms with E-state index in [0.717, 1.165) is 0 Å². The van der Waals surface area contributed by atoms with Crippen LogP contribution in [0.2, 0.25) is 0 Å². The predicted molar refractivity (Wildman–Crippen MR) is 57.4 cm³/mol. The Bertz CT molecular complexity index is 391. The lowest BCUT2D eigenvalue weighted by Gasteiger charge is -2.06. The summed E-state index contributed by atoms with van der Waals surface area (Å²) in [7, 11) is 1.54. The summed E-state index contributed by atoms with van der Waals surface area (Å²) in [5, 5.41) is 13.2. The van der Waals surface area contributed by atoms with E-state index < -0.39 is 17.9 Å². The van der Waals surface area contributed by atoms with Crippen molar-refractivity contribution in [1.82, 2.24) is 10.3 Å². The Kier molecular flexibility index (Phi) is 4.39. The van der Waals surface area contributed by atoms with Crippen LogP contribution in [0.15, 0.2) is 5.38 Å². The maximum atomic E-state index is 11.5. The van der Waals surface area contributed by atoms with Crippen molar-refractivity contribution < 1.29 is 19.4 Å². The highest BCUT2D eigenvalue weighted by molar-refractivity contribution is 7.09. The van der Waals surface area contributed by atoms with Gasteiger partial charge in [0.2, 0.25) is 0 Å². The first-order valence-corrected chi connectivity index (χ1v) is 5.39. The van der Waals surface area contributed by atoms with E-state index in [1.54, 1.807) is 5.38 Å². The molecule has 0 aliphatic carbocycles. The Morgan fingerprint density at radius 3 is 2.94 bits per heavy atom. The molecule has 88 valence electrons. The minimum Gasteiger partial charge on any atom is -0.480 e. The van der Waals surface area contributed by atoms with Crippen molar-refractivity contribution in [3.63, 3.8) is 0 Å². The molecule has 6 nitrogen and oxygen atoms in total. The van der Waals surface area contributed by atoms with Crippen molar-refractivity contribution in [3.8, 4) is 0 Å². The number of thiazole rings is 1. The molecule has 7 heteroatoms. The lowest BCUT2D eigenvalue weighted by molar-refractivity contribution is -0.138. The van der Waals surface area contributed by atoms with Crippen molar-refractivity contribution in [2.75, 3.05) is 7.11 Å². The maximum absolute atomic E-state index is 11.5. The summed E-state index contributed by atoms with van der Waals surface area (Å²) in [6.07, 6.45) is 0. The van der Waals surface area contributed by atoms with Crippen LogP contribution >= 0.6 is 11.3 Å². The first-order chi connectivity index (χ1) is 7.54. The lowest BCUT2D eigenvalue weighted by atomic mass is 10.3. The van der Waals surface area contributed by atoms with Gasteiger partial charge in [-0.15, -0.1) is 11.3 Å². The lowest BCUT2D eigenvalue weighted by Crippen LogP contribution is -2.38. The quantitative estimate of drug-likeness (QED) is 0.787. The summed E-state index contributed by atoms with van der Waals surface area (Å²) < 4.78 is 4.86. The van der Waals surface area contributed by atoms with E-state index in [1.165, 1.54) is 25.4 Å². The van der Waals surface area contributed by atoms with Crippen LogP contribution in [0.1, 0.15) is 22.4 Å². The van der Waals surface area contributed by atoms with Gasteiger partial charge in [0, 0.05) is 12.5 Å². The number of nitrogens with one attached hydrogen (secondary N) is 1. The van der Waals surface area contributed by atoms with Crippen molar-refractivity contribution in [3.05, 3.63) is 16.1 Å². The second-order valence-corrected chi connectivity index (χ2v) is 4.04. The van der Waals surface area contributed by atoms with E-state index in [2.05, 4.69) is 10.3 Å². The van der Waals surface area contributed by atoms with Crippen LogP contribution < -0.4 is 5.32 Å². The molecule has 1 aromatic rings. The number of carboxylic acids is 1. The van der Waals surface area contributed by atoms with Gasteiger partial charge < -0.3 is 15.2 Å². The minimum atomic E-state index is -1.08. The van der Waals surface area contributed by atoms with Gasteiger partial charge in [-0.1, -0.05) is 0 Å². The van der Waals surface area contributed by atoms with E-state index in [1.807, 2.05) is 0 Å². The van der Waals surface area contributed by atoms with E-state index >= 15 is 0 Å². The van der Waals surface area contributed by atoms with Gasteiger partial charge in [0.25, 0.3) is 5.91 Å². The number of methoxy groups -OCH3 is 1. The largest absolute Gasteiger partial charge is 0.480 e. The monoisotopic (exact) mass is 244 g/mol. The molecule has 0 saturated carbocycles. The number of aromatic nitrogens is 1. The molecule has 1 rings (SSSR count). The van der Waals surface area contributed by atoms with Crippen LogP contribution in [-0.4, -0.2) is 35.1 Å². The van der Waals surface area contributed by atoms with Crippen molar-refractivity contribution in [2.24, 2.45) is 0 Å². The van der Waals surface area contributed by atoms with Crippen LogP contribution in [0.5, 0.6) is 0 Å². The minimum absolute atomic E-state index is 0.213. The number of aliphatic carboxylic acids is 1. The second kappa shape index (κ2) is 5.57. The second-order valence-electron chi connectivity index (χ2n) is 3.09. The van der Waals surface area contributed by atoms with Crippen LogP contribution in [-0.2, 0) is 16.1 Å². The van der Waals surface area contributed by atoms with E-state index in [0.29, 0.717) is 11.6 Å². The Morgan fingerprint density at radius 1 is 1.69 bits per heavy atom. The fourth-order valence-corrected chi connectivity index (χ4v) is 1.68. The molecule has 0 aliphatic heterocycles. The number of carboxylic acid groups (broad SMARTS) is 1. The fraction of sp³-hybridized carbons (Fsp3) is 0.444. The normalized spacial score (nSPS) is 12.1. The molecule has 1 aromatic heterocycles. The van der Waals surface area contributed by atoms with Gasteiger partial charge in [-0.2, -0.15) is 0 Å². The number of ether oxygens (including phenoxy) is 1. The molecule has 0 saturated heterocycles. The summed E-state index contributed by atoms with van der Waals surface area (Å²) in [5.74, 6) is -1.57. The third-order valence-electron chi connectivity index (χ3n) is 1.77. The number of rotatable bonds is 5. The smallest absolute Gasteiger partial charge is 0.325 e. The zero-order chi connectivity index (χ0) is 12.1. The van der Waals surface area contributed by atoms with Crippen LogP contribution in [0.25, 0.3) is 0 Å². The third kappa shape index (κ3) is 3.28. The topological polar surface area (TPSA) is 88.5 Å². The number of amides is 1. The summed E-state index contributed by atoms with van der Waals surface area (Å²) >= 11 is 1.29. The molecule has 1 atom stereocenters. The molecular weight excluding hydrogens is 232 g/mol. The van der Waals surface area contributed by atoms with Crippen LogP contribution in [0.4, 0.5) is 0 Å². The van der Waals surface area contributed by atoms with Gasteiger partial charge in [0.15, 0.2) is 0 Å². The van der Waals surface area contributed by atoms with Gasteiger partial charge in [-0.3, -0.25) is 9.59 Å². The maximum Gasteiger partial charge on any atom is 0.325 e. The molecule has 2 N–H and O–H groups in total. The van der Waals surface area contributed by atoms with E-state index in [4.69, 9.17) is 9.84 Å². The molecule has 1 amide bonds. The Morgan fingerprint density at radius 2 is 2.38 bits per heavy atom. The zero-order valence-electron chi connectivity index (χ0n) is 8.89. The summed E-state index contributed by atoms with van der Waals surface area (Å²) in [6, 6.07) is -0.930.